The van der Waals surface area contributed by atoms with Gasteiger partial charge in [0.05, 0.1) is 5.75 Å². The molecule has 0 aliphatic heterocycles. The van der Waals surface area contributed by atoms with Gasteiger partial charge in [-0.25, -0.2) is 4.79 Å². The van der Waals surface area contributed by atoms with Crippen molar-refractivity contribution >= 4 is 37.8 Å². The van der Waals surface area contributed by atoms with Crippen molar-refractivity contribution in [3.8, 4) is 5.75 Å². The maximum atomic E-state index is 12.8. The summed E-state index contributed by atoms with van der Waals surface area (Å²) < 4.78 is 29.0. The highest BCUT2D eigenvalue weighted by atomic mass is 79.9. The van der Waals surface area contributed by atoms with Gasteiger partial charge < -0.3 is 14.4 Å². The van der Waals surface area contributed by atoms with Crippen LogP contribution in [0.5, 0.6) is 5.75 Å². The second kappa shape index (κ2) is 9.93. The average Bonchev–Trinajstić information content (AvgIpc) is 2.62. The molecule has 28 heavy (non-hydrogen) atoms. The van der Waals surface area contributed by atoms with Crippen molar-refractivity contribution < 1.29 is 17.4 Å². The lowest BCUT2D eigenvalue weighted by molar-refractivity contribution is 0.201. The Morgan fingerprint density at radius 2 is 1.86 bits per heavy atom. The Balaban J connectivity index is 2.09. The second-order valence-electron chi connectivity index (χ2n) is 6.79. The Kier molecular flexibility index (Phi) is 7.88. The SMILES string of the molecule is CCS(=O)(=O)Oc1ccc(CN(CC(C)C)C(=O)Nc2cccc(Br)c2)cc1. The zero-order chi connectivity index (χ0) is 20.7. The summed E-state index contributed by atoms with van der Waals surface area (Å²) in [5.74, 6) is 0.470. The highest BCUT2D eigenvalue weighted by Gasteiger charge is 2.16. The van der Waals surface area contributed by atoms with Gasteiger partial charge in [-0.2, -0.15) is 8.42 Å². The van der Waals surface area contributed by atoms with Crippen LogP contribution >= 0.6 is 15.9 Å². The number of hydrogen-bond donors (Lipinski definition) is 1. The molecule has 0 atom stereocenters. The molecule has 0 radical (unpaired) electrons. The first-order valence-electron chi connectivity index (χ1n) is 9.01. The maximum Gasteiger partial charge on any atom is 0.322 e. The largest absolute Gasteiger partial charge is 0.382 e. The van der Waals surface area contributed by atoms with E-state index in [1.165, 1.54) is 6.92 Å². The van der Waals surface area contributed by atoms with E-state index in [0.717, 1.165) is 10.0 Å². The number of carbonyl (C=O) groups excluding carboxylic acids is 1. The fourth-order valence-corrected chi connectivity index (χ4v) is 3.43. The van der Waals surface area contributed by atoms with Crippen LogP contribution in [0.3, 0.4) is 0 Å². The maximum absolute atomic E-state index is 12.8. The number of hydrogen-bond acceptors (Lipinski definition) is 4. The molecule has 6 nitrogen and oxygen atoms in total. The number of nitrogens with zero attached hydrogens (tertiary/aromatic N) is 1. The quantitative estimate of drug-likeness (QED) is 0.560. The molecular formula is C20H25BrN2O4S. The van der Waals surface area contributed by atoms with Crippen LogP contribution < -0.4 is 9.50 Å². The third-order valence-electron chi connectivity index (χ3n) is 3.82. The lowest BCUT2D eigenvalue weighted by Gasteiger charge is -2.25. The van der Waals surface area contributed by atoms with Crippen LogP contribution in [0, 0.1) is 5.92 Å². The third-order valence-corrected chi connectivity index (χ3v) is 5.47. The minimum absolute atomic E-state index is 0.0906. The first kappa shape index (κ1) is 22.2. The Bertz CT molecular complexity index is 899. The molecule has 152 valence electrons. The number of urea groups is 1. The topological polar surface area (TPSA) is 75.7 Å². The number of carbonyl (C=O) groups is 1. The van der Waals surface area contributed by atoms with E-state index in [9.17, 15) is 13.2 Å². The summed E-state index contributed by atoms with van der Waals surface area (Å²) in [5.41, 5.74) is 1.59. The highest BCUT2D eigenvalue weighted by Crippen LogP contribution is 2.19. The van der Waals surface area contributed by atoms with Gasteiger partial charge in [-0.15, -0.1) is 0 Å². The summed E-state index contributed by atoms with van der Waals surface area (Å²) in [6.07, 6.45) is 0. The molecule has 0 bridgehead atoms. The molecule has 2 amide bonds. The molecule has 0 unspecified atom stereocenters. The second-order valence-corrected chi connectivity index (χ2v) is 9.56. The number of rotatable bonds is 8. The minimum atomic E-state index is -3.55. The van der Waals surface area contributed by atoms with Gasteiger partial charge in [0.1, 0.15) is 5.75 Å². The van der Waals surface area contributed by atoms with Gasteiger partial charge in [0, 0.05) is 23.2 Å². The first-order chi connectivity index (χ1) is 13.2. The highest BCUT2D eigenvalue weighted by molar-refractivity contribution is 9.10. The number of halogens is 1. The predicted molar refractivity (Wildman–Crippen MR) is 115 cm³/mol. The van der Waals surface area contributed by atoms with Crippen LogP contribution in [0.15, 0.2) is 53.0 Å². The molecule has 2 aromatic carbocycles. The Morgan fingerprint density at radius 1 is 1.18 bits per heavy atom. The van der Waals surface area contributed by atoms with Crippen LogP contribution in [0.25, 0.3) is 0 Å². The van der Waals surface area contributed by atoms with Crippen molar-refractivity contribution in [3.63, 3.8) is 0 Å². The molecule has 0 aliphatic rings. The molecule has 0 fully saturated rings. The number of benzene rings is 2. The zero-order valence-corrected chi connectivity index (χ0v) is 18.6. The van der Waals surface area contributed by atoms with Crippen molar-refractivity contribution in [3.05, 3.63) is 58.6 Å². The fraction of sp³-hybridized carbons (Fsp3) is 0.350. The molecule has 0 heterocycles. The lowest BCUT2D eigenvalue weighted by atomic mass is 10.1. The van der Waals surface area contributed by atoms with Crippen molar-refractivity contribution in [2.45, 2.75) is 27.3 Å². The number of amides is 2. The van der Waals surface area contributed by atoms with E-state index < -0.39 is 10.1 Å². The van der Waals surface area contributed by atoms with E-state index in [0.29, 0.717) is 24.7 Å². The van der Waals surface area contributed by atoms with E-state index in [1.54, 1.807) is 29.2 Å². The van der Waals surface area contributed by atoms with Crippen LogP contribution in [0.4, 0.5) is 10.5 Å². The lowest BCUT2D eigenvalue weighted by Crippen LogP contribution is -2.37. The number of nitrogens with one attached hydrogen (secondary N) is 1. The average molecular weight is 469 g/mol. The van der Waals surface area contributed by atoms with E-state index >= 15 is 0 Å². The van der Waals surface area contributed by atoms with E-state index in [1.807, 2.05) is 38.1 Å². The van der Waals surface area contributed by atoms with Crippen LogP contribution in [-0.2, 0) is 16.7 Å². The molecule has 0 spiro atoms. The summed E-state index contributed by atoms with van der Waals surface area (Å²) in [6, 6.07) is 14.0. The molecule has 8 heteroatoms. The molecule has 0 saturated carbocycles. The van der Waals surface area contributed by atoms with Gasteiger partial charge in [0.2, 0.25) is 0 Å². The summed E-state index contributed by atoms with van der Waals surface area (Å²) in [4.78, 5) is 14.5. The van der Waals surface area contributed by atoms with Gasteiger partial charge in [0.15, 0.2) is 0 Å². The summed E-state index contributed by atoms with van der Waals surface area (Å²) in [7, 11) is -3.55. The first-order valence-corrected chi connectivity index (χ1v) is 11.4. The zero-order valence-electron chi connectivity index (χ0n) is 16.2. The Hall–Kier alpha value is -2.06. The van der Waals surface area contributed by atoms with Gasteiger partial charge in [0.25, 0.3) is 0 Å². The van der Waals surface area contributed by atoms with E-state index in [-0.39, 0.29) is 17.5 Å². The van der Waals surface area contributed by atoms with Gasteiger partial charge >= 0.3 is 16.1 Å². The normalized spacial score (nSPS) is 11.3. The van der Waals surface area contributed by atoms with E-state index in [4.69, 9.17) is 4.18 Å². The summed E-state index contributed by atoms with van der Waals surface area (Å²) in [6.45, 7) is 6.61. The van der Waals surface area contributed by atoms with Crippen molar-refractivity contribution in [2.75, 3.05) is 17.6 Å². The molecular weight excluding hydrogens is 444 g/mol. The molecule has 0 saturated heterocycles. The fourth-order valence-electron chi connectivity index (χ4n) is 2.51. The number of anilines is 1. The molecule has 2 rings (SSSR count). The molecule has 1 N–H and O–H groups in total. The van der Waals surface area contributed by atoms with Crippen LogP contribution in [-0.4, -0.2) is 31.6 Å². The minimum Gasteiger partial charge on any atom is -0.382 e. The van der Waals surface area contributed by atoms with Crippen molar-refractivity contribution in [1.82, 2.24) is 4.90 Å². The Morgan fingerprint density at radius 3 is 2.43 bits per heavy atom. The van der Waals surface area contributed by atoms with Gasteiger partial charge in [-0.3, -0.25) is 0 Å². The summed E-state index contributed by atoms with van der Waals surface area (Å²) in [5, 5.41) is 2.91. The predicted octanol–water partition coefficient (Wildman–Crippen LogP) is 4.87. The molecule has 0 aromatic heterocycles. The van der Waals surface area contributed by atoms with Crippen molar-refractivity contribution in [1.29, 1.82) is 0 Å². The van der Waals surface area contributed by atoms with Crippen LogP contribution in [0.2, 0.25) is 0 Å². The smallest absolute Gasteiger partial charge is 0.322 e. The molecule has 2 aromatic rings. The van der Waals surface area contributed by atoms with Gasteiger partial charge in [-0.1, -0.05) is 48.0 Å². The van der Waals surface area contributed by atoms with E-state index in [2.05, 4.69) is 21.2 Å². The Labute approximate surface area is 175 Å². The standard InChI is InChI=1S/C20H25BrN2O4S/c1-4-28(25,26)27-19-10-8-16(9-11-19)14-23(13-15(2)3)20(24)22-18-7-5-6-17(21)12-18/h5-12,15H,4,13-14H2,1-3H3,(H,22,24). The monoisotopic (exact) mass is 468 g/mol. The summed E-state index contributed by atoms with van der Waals surface area (Å²) >= 11 is 3.40. The van der Waals surface area contributed by atoms with Gasteiger partial charge in [-0.05, 0) is 48.7 Å². The third kappa shape index (κ3) is 7.16. The van der Waals surface area contributed by atoms with Crippen LogP contribution in [0.1, 0.15) is 26.3 Å². The van der Waals surface area contributed by atoms with Crippen molar-refractivity contribution in [2.24, 2.45) is 5.92 Å². The molecule has 0 aliphatic carbocycles.